The summed E-state index contributed by atoms with van der Waals surface area (Å²) in [5.74, 6) is 0.587. The average molecular weight is 358 g/mol. The standard InChI is InChI=1S/C18H18N2O4S/c1-24-15-9-5-8-14(10-15)20-17-12-25(22,23)11-16(17)19(18(20)21)13-6-3-2-4-7-13/h2-10,16-17H,11-12H2,1H3/t16-,17+/m0/s1. The molecule has 25 heavy (non-hydrogen) atoms. The van der Waals surface area contributed by atoms with Crippen LogP contribution in [0, 0.1) is 0 Å². The minimum absolute atomic E-state index is 0.0151. The molecule has 2 heterocycles. The van der Waals surface area contributed by atoms with Crippen LogP contribution < -0.4 is 14.5 Å². The Labute approximate surface area is 146 Å². The van der Waals surface area contributed by atoms with Gasteiger partial charge >= 0.3 is 6.03 Å². The molecule has 0 aliphatic carbocycles. The third-order valence-corrected chi connectivity index (χ3v) is 6.43. The summed E-state index contributed by atoms with van der Waals surface area (Å²) in [5, 5.41) is 0. The Bertz CT molecular complexity index is 914. The average Bonchev–Trinajstić information content (AvgIpc) is 3.04. The topological polar surface area (TPSA) is 66.9 Å². The van der Waals surface area contributed by atoms with Gasteiger partial charge in [0.05, 0.1) is 30.7 Å². The van der Waals surface area contributed by atoms with Crippen molar-refractivity contribution in [2.75, 3.05) is 28.4 Å². The molecule has 2 aromatic carbocycles. The molecule has 0 spiro atoms. The molecule has 2 fully saturated rings. The molecular weight excluding hydrogens is 340 g/mol. The number of sulfone groups is 1. The second-order valence-corrected chi connectivity index (χ2v) is 8.43. The highest BCUT2D eigenvalue weighted by molar-refractivity contribution is 7.91. The van der Waals surface area contributed by atoms with Gasteiger partial charge in [-0.25, -0.2) is 13.2 Å². The number of carbonyl (C=O) groups excluding carboxylic acids is 1. The van der Waals surface area contributed by atoms with Gasteiger partial charge in [-0.15, -0.1) is 0 Å². The van der Waals surface area contributed by atoms with Crippen molar-refractivity contribution in [2.24, 2.45) is 0 Å². The maximum atomic E-state index is 13.1. The number of hydrogen-bond donors (Lipinski definition) is 0. The van der Waals surface area contributed by atoms with Crippen LogP contribution >= 0.6 is 0 Å². The minimum atomic E-state index is -3.19. The molecule has 2 aromatic rings. The molecule has 0 bridgehead atoms. The van der Waals surface area contributed by atoms with Crippen LogP contribution in [0.3, 0.4) is 0 Å². The van der Waals surface area contributed by atoms with Gasteiger partial charge in [-0.3, -0.25) is 9.80 Å². The van der Waals surface area contributed by atoms with Crippen LogP contribution in [-0.4, -0.2) is 45.1 Å². The fourth-order valence-electron chi connectivity index (χ4n) is 3.66. The molecule has 0 N–H and O–H groups in total. The van der Waals surface area contributed by atoms with Gasteiger partial charge in [0, 0.05) is 17.4 Å². The largest absolute Gasteiger partial charge is 0.497 e. The minimum Gasteiger partial charge on any atom is -0.497 e. The second kappa shape index (κ2) is 5.77. The third-order valence-electron chi connectivity index (χ3n) is 4.73. The van der Waals surface area contributed by atoms with E-state index in [9.17, 15) is 13.2 Å². The van der Waals surface area contributed by atoms with E-state index in [0.29, 0.717) is 17.1 Å². The summed E-state index contributed by atoms with van der Waals surface area (Å²) in [6.07, 6.45) is 0. The summed E-state index contributed by atoms with van der Waals surface area (Å²) in [7, 11) is -1.63. The van der Waals surface area contributed by atoms with Crippen LogP contribution in [0.25, 0.3) is 0 Å². The number of anilines is 2. The zero-order chi connectivity index (χ0) is 17.6. The summed E-state index contributed by atoms with van der Waals surface area (Å²) in [4.78, 5) is 16.3. The Kier molecular flexibility index (Phi) is 3.68. The number of urea groups is 1. The quantitative estimate of drug-likeness (QED) is 0.790. The van der Waals surface area contributed by atoms with E-state index in [-0.39, 0.29) is 23.6 Å². The van der Waals surface area contributed by atoms with E-state index < -0.39 is 15.9 Å². The van der Waals surface area contributed by atoms with Crippen molar-refractivity contribution in [3.05, 3.63) is 54.6 Å². The third kappa shape index (κ3) is 2.64. The molecule has 0 saturated carbocycles. The van der Waals surface area contributed by atoms with Gasteiger partial charge < -0.3 is 4.74 Å². The number of carbonyl (C=O) groups is 1. The lowest BCUT2D eigenvalue weighted by Gasteiger charge is -2.23. The first-order chi connectivity index (χ1) is 12.0. The summed E-state index contributed by atoms with van der Waals surface area (Å²) in [6, 6.07) is 15.4. The number of nitrogens with zero attached hydrogens (tertiary/aromatic N) is 2. The lowest BCUT2D eigenvalue weighted by Crippen LogP contribution is -2.37. The molecule has 4 rings (SSSR count). The Morgan fingerprint density at radius 1 is 0.920 bits per heavy atom. The summed E-state index contributed by atoms with van der Waals surface area (Å²) >= 11 is 0. The van der Waals surface area contributed by atoms with E-state index >= 15 is 0 Å². The monoisotopic (exact) mass is 358 g/mol. The molecule has 2 aliphatic rings. The SMILES string of the molecule is COc1cccc(N2C(=O)N(c3ccccc3)[C@H]3CS(=O)(=O)C[C@H]32)c1. The number of rotatable bonds is 3. The lowest BCUT2D eigenvalue weighted by atomic mass is 10.1. The predicted molar refractivity (Wildman–Crippen MR) is 96.0 cm³/mol. The first-order valence-electron chi connectivity index (χ1n) is 8.02. The number of ether oxygens (including phenoxy) is 1. The van der Waals surface area contributed by atoms with Crippen LogP contribution in [0.5, 0.6) is 5.75 Å². The summed E-state index contributed by atoms with van der Waals surface area (Å²) < 4.78 is 29.7. The Hall–Kier alpha value is -2.54. The summed E-state index contributed by atoms with van der Waals surface area (Å²) in [5.41, 5.74) is 1.36. The maximum Gasteiger partial charge on any atom is 0.329 e. The smallest absolute Gasteiger partial charge is 0.329 e. The van der Waals surface area contributed by atoms with Gasteiger partial charge in [0.2, 0.25) is 0 Å². The van der Waals surface area contributed by atoms with Crippen LogP contribution in [0.1, 0.15) is 0 Å². The molecule has 0 aromatic heterocycles. The highest BCUT2D eigenvalue weighted by Crippen LogP contribution is 2.38. The van der Waals surface area contributed by atoms with E-state index in [1.165, 1.54) is 0 Å². The lowest BCUT2D eigenvalue weighted by molar-refractivity contribution is 0.255. The molecule has 2 atom stereocenters. The first-order valence-corrected chi connectivity index (χ1v) is 9.84. The first kappa shape index (κ1) is 16.0. The van der Waals surface area contributed by atoms with Gasteiger partial charge in [-0.05, 0) is 24.3 Å². The number of benzene rings is 2. The van der Waals surface area contributed by atoms with Crippen molar-refractivity contribution >= 4 is 27.2 Å². The van der Waals surface area contributed by atoms with Crippen LogP contribution in [0.2, 0.25) is 0 Å². The molecule has 0 radical (unpaired) electrons. The van der Waals surface area contributed by atoms with Crippen molar-refractivity contribution in [2.45, 2.75) is 12.1 Å². The molecule has 2 amide bonds. The normalized spacial score (nSPS) is 24.4. The molecular formula is C18H18N2O4S. The van der Waals surface area contributed by atoms with Crippen LogP contribution in [0.15, 0.2) is 54.6 Å². The molecule has 6 nitrogen and oxygen atoms in total. The number of fused-ring (bicyclic) bond motifs is 1. The molecule has 2 saturated heterocycles. The fourth-order valence-corrected chi connectivity index (χ4v) is 5.58. The van der Waals surface area contributed by atoms with Gasteiger partial charge in [0.25, 0.3) is 0 Å². The number of hydrogen-bond acceptors (Lipinski definition) is 4. The molecule has 7 heteroatoms. The van der Waals surface area contributed by atoms with E-state index in [1.807, 2.05) is 30.3 Å². The van der Waals surface area contributed by atoms with Crippen molar-refractivity contribution in [1.29, 1.82) is 0 Å². The van der Waals surface area contributed by atoms with Crippen LogP contribution in [0.4, 0.5) is 16.2 Å². The molecule has 0 unspecified atom stereocenters. The summed E-state index contributed by atoms with van der Waals surface area (Å²) in [6.45, 7) is 0. The molecule has 2 aliphatic heterocycles. The van der Waals surface area contributed by atoms with Crippen molar-refractivity contribution in [1.82, 2.24) is 0 Å². The number of amides is 2. The Morgan fingerprint density at radius 3 is 2.16 bits per heavy atom. The zero-order valence-electron chi connectivity index (χ0n) is 13.7. The number of para-hydroxylation sites is 1. The van der Waals surface area contributed by atoms with Gasteiger partial charge in [-0.2, -0.15) is 0 Å². The Balaban J connectivity index is 1.80. The van der Waals surface area contributed by atoms with Crippen molar-refractivity contribution in [3.8, 4) is 5.75 Å². The maximum absolute atomic E-state index is 13.1. The van der Waals surface area contributed by atoms with Gasteiger partial charge in [0.15, 0.2) is 9.84 Å². The second-order valence-electron chi connectivity index (χ2n) is 6.27. The van der Waals surface area contributed by atoms with E-state index in [1.54, 1.807) is 41.2 Å². The van der Waals surface area contributed by atoms with Gasteiger partial charge in [-0.1, -0.05) is 24.3 Å². The van der Waals surface area contributed by atoms with E-state index in [4.69, 9.17) is 4.74 Å². The van der Waals surface area contributed by atoms with Crippen molar-refractivity contribution < 1.29 is 17.9 Å². The Morgan fingerprint density at radius 2 is 1.52 bits per heavy atom. The van der Waals surface area contributed by atoms with Crippen molar-refractivity contribution in [3.63, 3.8) is 0 Å². The van der Waals surface area contributed by atoms with E-state index in [2.05, 4.69) is 0 Å². The fraction of sp³-hybridized carbons (Fsp3) is 0.278. The highest BCUT2D eigenvalue weighted by Gasteiger charge is 2.54. The molecule has 130 valence electrons. The zero-order valence-corrected chi connectivity index (χ0v) is 14.5. The highest BCUT2D eigenvalue weighted by atomic mass is 32.2. The van der Waals surface area contributed by atoms with E-state index in [0.717, 1.165) is 0 Å². The van der Waals surface area contributed by atoms with Crippen LogP contribution in [-0.2, 0) is 9.84 Å². The van der Waals surface area contributed by atoms with Gasteiger partial charge in [0.1, 0.15) is 5.75 Å². The predicted octanol–water partition coefficient (Wildman–Crippen LogP) is 2.31. The number of methoxy groups -OCH3 is 1.